The summed E-state index contributed by atoms with van der Waals surface area (Å²) in [6.07, 6.45) is 0. The minimum atomic E-state index is 0.892. The van der Waals surface area contributed by atoms with Gasteiger partial charge in [-0.3, -0.25) is 0 Å². The quantitative estimate of drug-likeness (QED) is 0.176. The molecule has 0 fully saturated rings. The van der Waals surface area contributed by atoms with E-state index in [1.807, 2.05) is 12.1 Å². The number of benzene rings is 10. The van der Waals surface area contributed by atoms with E-state index in [-0.39, 0.29) is 0 Å². The van der Waals surface area contributed by atoms with Gasteiger partial charge in [-0.2, -0.15) is 0 Å². The zero-order valence-electron chi connectivity index (χ0n) is 31.9. The molecule has 0 atom stereocenters. The third kappa shape index (κ3) is 4.82. The molecular formula is C56H34N2O. The molecule has 3 heterocycles. The molecular weight excluding hydrogens is 717 g/mol. The lowest BCUT2D eigenvalue weighted by Gasteiger charge is -2.11. The highest BCUT2D eigenvalue weighted by atomic mass is 16.3. The molecule has 3 heteroatoms. The van der Waals surface area contributed by atoms with E-state index in [2.05, 4.69) is 203 Å². The van der Waals surface area contributed by atoms with Gasteiger partial charge in [-0.25, -0.2) is 0 Å². The highest BCUT2D eigenvalue weighted by molar-refractivity contribution is 6.20. The molecule has 0 radical (unpaired) electrons. The van der Waals surface area contributed by atoms with Gasteiger partial charge in [0.2, 0.25) is 0 Å². The van der Waals surface area contributed by atoms with Crippen molar-refractivity contribution in [3.63, 3.8) is 0 Å². The Hall–Kier alpha value is -7.88. The normalized spacial score (nSPS) is 12.1. The molecule has 0 amide bonds. The van der Waals surface area contributed by atoms with Gasteiger partial charge in [0, 0.05) is 55.1 Å². The number of nitrogens with zero attached hydrogens (tertiary/aromatic N) is 2. The summed E-state index contributed by atoms with van der Waals surface area (Å²) in [5, 5.41) is 12.2. The first kappa shape index (κ1) is 32.2. The van der Waals surface area contributed by atoms with Crippen LogP contribution in [0.1, 0.15) is 0 Å². The zero-order valence-corrected chi connectivity index (χ0v) is 31.9. The lowest BCUT2D eigenvalue weighted by atomic mass is 10.00. The van der Waals surface area contributed by atoms with Crippen LogP contribution in [0.2, 0.25) is 0 Å². The molecule has 0 saturated carbocycles. The Morgan fingerprint density at radius 2 is 0.847 bits per heavy atom. The second-order valence-corrected chi connectivity index (χ2v) is 15.7. The van der Waals surface area contributed by atoms with Crippen LogP contribution in [0.25, 0.3) is 121 Å². The summed E-state index contributed by atoms with van der Waals surface area (Å²) >= 11 is 0. The topological polar surface area (TPSA) is 23.0 Å². The minimum absolute atomic E-state index is 0.892. The van der Waals surface area contributed by atoms with E-state index in [4.69, 9.17) is 4.42 Å². The molecule has 0 aliphatic carbocycles. The summed E-state index contributed by atoms with van der Waals surface area (Å²) in [4.78, 5) is 0. The Kier molecular flexibility index (Phi) is 6.72. The largest absolute Gasteiger partial charge is 0.456 e. The van der Waals surface area contributed by atoms with Gasteiger partial charge in [0.15, 0.2) is 0 Å². The predicted octanol–water partition coefficient (Wildman–Crippen LogP) is 15.4. The number of hydrogen-bond acceptors (Lipinski definition) is 1. The zero-order chi connectivity index (χ0) is 38.6. The third-order valence-corrected chi connectivity index (χ3v) is 12.5. The molecule has 0 spiro atoms. The molecule has 3 nitrogen and oxygen atoms in total. The van der Waals surface area contributed by atoms with E-state index in [0.29, 0.717) is 0 Å². The first-order chi connectivity index (χ1) is 29.2. The highest BCUT2D eigenvalue weighted by Gasteiger charge is 2.19. The predicted molar refractivity (Wildman–Crippen MR) is 248 cm³/mol. The Morgan fingerprint density at radius 3 is 1.71 bits per heavy atom. The van der Waals surface area contributed by atoms with Crippen molar-refractivity contribution in [1.29, 1.82) is 0 Å². The van der Waals surface area contributed by atoms with Gasteiger partial charge in [0.05, 0.1) is 22.1 Å². The molecule has 0 N–H and O–H groups in total. The van der Waals surface area contributed by atoms with Crippen LogP contribution >= 0.6 is 0 Å². The van der Waals surface area contributed by atoms with Gasteiger partial charge in [-0.1, -0.05) is 133 Å². The Balaban J connectivity index is 0.980. The van der Waals surface area contributed by atoms with Gasteiger partial charge >= 0.3 is 0 Å². The lowest BCUT2D eigenvalue weighted by molar-refractivity contribution is 0.668. The van der Waals surface area contributed by atoms with Crippen molar-refractivity contribution in [3.8, 4) is 33.6 Å². The summed E-state index contributed by atoms with van der Waals surface area (Å²) in [6.45, 7) is 0. The number of furan rings is 1. The second-order valence-electron chi connectivity index (χ2n) is 15.7. The first-order valence-corrected chi connectivity index (χ1v) is 20.2. The van der Waals surface area contributed by atoms with Crippen molar-refractivity contribution in [2.45, 2.75) is 0 Å². The maximum atomic E-state index is 6.40. The molecule has 3 aromatic heterocycles. The van der Waals surface area contributed by atoms with E-state index >= 15 is 0 Å². The van der Waals surface area contributed by atoms with Crippen LogP contribution in [0.3, 0.4) is 0 Å². The van der Waals surface area contributed by atoms with Crippen molar-refractivity contribution in [3.05, 3.63) is 206 Å². The first-order valence-electron chi connectivity index (χ1n) is 20.2. The average molecular weight is 751 g/mol. The van der Waals surface area contributed by atoms with E-state index in [1.54, 1.807) is 0 Å². The molecule has 10 aromatic carbocycles. The number of fused-ring (bicyclic) bond motifs is 12. The van der Waals surface area contributed by atoms with Crippen molar-refractivity contribution in [2.75, 3.05) is 0 Å². The van der Waals surface area contributed by atoms with Crippen LogP contribution < -0.4 is 0 Å². The molecule has 0 unspecified atom stereocenters. The van der Waals surface area contributed by atoms with Crippen LogP contribution in [-0.4, -0.2) is 9.13 Å². The van der Waals surface area contributed by atoms with Gasteiger partial charge in [-0.05, 0) is 105 Å². The summed E-state index contributed by atoms with van der Waals surface area (Å²) in [6, 6.07) is 75.2. The minimum Gasteiger partial charge on any atom is -0.456 e. The molecule has 0 aliphatic heterocycles. The summed E-state index contributed by atoms with van der Waals surface area (Å²) < 4.78 is 11.2. The SMILES string of the molecule is c1cc(-c2ccc3ccccc3c2)cc(-n2c3ccccc3c3cc(-c4ccc5c(c4)c4ccc6ccccc6c4n5-c4ccc5c(c4)oc4ccccc45)ccc32)c1. The van der Waals surface area contributed by atoms with Gasteiger partial charge in [0.25, 0.3) is 0 Å². The third-order valence-electron chi connectivity index (χ3n) is 12.5. The summed E-state index contributed by atoms with van der Waals surface area (Å²) in [7, 11) is 0. The maximum Gasteiger partial charge on any atom is 0.137 e. The van der Waals surface area contributed by atoms with Crippen LogP contribution in [0.4, 0.5) is 0 Å². The number of para-hydroxylation sites is 2. The summed E-state index contributed by atoms with van der Waals surface area (Å²) in [5.41, 5.74) is 13.6. The standard InChI is InChI=1S/C56H34N2O/c1-2-12-37-30-39(21-20-35(37)10-1)38-13-9-14-42(31-38)57-51-18-7-5-16-45(51)49-32-40(23-28-52(49)57)41-24-29-53-50(33-41)48-26-22-36-11-3-4-15-44(36)56(48)58(53)43-25-27-47-46-17-6-8-19-54(46)59-55(47)34-43/h1-34H. The number of hydrogen-bond donors (Lipinski definition) is 0. The van der Waals surface area contributed by atoms with Crippen LogP contribution in [0.5, 0.6) is 0 Å². The maximum absolute atomic E-state index is 6.40. The smallest absolute Gasteiger partial charge is 0.137 e. The van der Waals surface area contributed by atoms with E-state index < -0.39 is 0 Å². The fourth-order valence-electron chi connectivity index (χ4n) is 9.71. The molecule has 59 heavy (non-hydrogen) atoms. The lowest BCUT2D eigenvalue weighted by Crippen LogP contribution is -1.94. The van der Waals surface area contributed by atoms with Crippen LogP contribution in [0, 0.1) is 0 Å². The van der Waals surface area contributed by atoms with Gasteiger partial charge in [-0.15, -0.1) is 0 Å². The second kappa shape index (κ2) is 12.3. The van der Waals surface area contributed by atoms with E-state index in [0.717, 1.165) is 33.3 Å². The van der Waals surface area contributed by atoms with E-state index in [9.17, 15) is 0 Å². The van der Waals surface area contributed by atoms with Crippen molar-refractivity contribution < 1.29 is 4.42 Å². The van der Waals surface area contributed by atoms with Crippen molar-refractivity contribution in [2.24, 2.45) is 0 Å². The molecule has 13 aromatic rings. The average Bonchev–Trinajstić information content (AvgIpc) is 3.96. The molecule has 274 valence electrons. The highest BCUT2D eigenvalue weighted by Crippen LogP contribution is 2.41. The molecule has 0 saturated heterocycles. The van der Waals surface area contributed by atoms with Gasteiger partial charge < -0.3 is 13.6 Å². The monoisotopic (exact) mass is 750 g/mol. The molecule has 13 rings (SSSR count). The Labute approximate surface area is 339 Å². The fraction of sp³-hybridized carbons (Fsp3) is 0. The molecule has 0 aliphatic rings. The Morgan fingerprint density at radius 1 is 0.271 bits per heavy atom. The summed E-state index contributed by atoms with van der Waals surface area (Å²) in [5.74, 6) is 0. The van der Waals surface area contributed by atoms with Gasteiger partial charge in [0.1, 0.15) is 11.2 Å². The Bertz CT molecular complexity index is 3860. The van der Waals surface area contributed by atoms with Crippen LogP contribution in [0.15, 0.2) is 211 Å². The van der Waals surface area contributed by atoms with Crippen molar-refractivity contribution >= 4 is 87.1 Å². The number of rotatable bonds is 4. The number of aromatic nitrogens is 2. The fourth-order valence-corrected chi connectivity index (χ4v) is 9.71. The van der Waals surface area contributed by atoms with E-state index in [1.165, 1.54) is 87.4 Å². The van der Waals surface area contributed by atoms with Crippen LogP contribution in [-0.2, 0) is 0 Å². The van der Waals surface area contributed by atoms with Crippen molar-refractivity contribution in [1.82, 2.24) is 9.13 Å². The molecule has 0 bridgehead atoms.